The largest absolute Gasteiger partial charge is 0.379 e. The molecule has 47 heavy (non-hydrogen) atoms. The van der Waals surface area contributed by atoms with Gasteiger partial charge in [-0.3, -0.25) is 29.8 Å². The second-order valence-corrected chi connectivity index (χ2v) is 15.8. The molecule has 0 atom stereocenters. The van der Waals surface area contributed by atoms with Crippen LogP contribution in [0.15, 0.2) is 42.6 Å². The molecule has 2 amide bonds. The summed E-state index contributed by atoms with van der Waals surface area (Å²) >= 11 is 1.40. The lowest BCUT2D eigenvalue weighted by Gasteiger charge is -2.48. The van der Waals surface area contributed by atoms with Crippen LogP contribution >= 0.6 is 11.3 Å². The van der Waals surface area contributed by atoms with Crippen LogP contribution in [-0.4, -0.2) is 94.7 Å². The minimum absolute atomic E-state index is 0.117. The molecule has 0 bridgehead atoms. The third kappa shape index (κ3) is 8.00. The number of carbonyl (C=O) groups excluding carboxylic acids is 2. The molecule has 2 aliphatic heterocycles. The zero-order valence-corrected chi connectivity index (χ0v) is 30.0. The zero-order valence-electron chi connectivity index (χ0n) is 29.2. The van der Waals surface area contributed by atoms with E-state index in [9.17, 15) is 9.59 Å². The maximum absolute atomic E-state index is 14.2. The first-order valence-corrected chi connectivity index (χ1v) is 17.4. The van der Waals surface area contributed by atoms with Crippen molar-refractivity contribution in [3.63, 3.8) is 0 Å². The minimum atomic E-state index is -0.546. The fourth-order valence-corrected chi connectivity index (χ4v) is 7.40. The van der Waals surface area contributed by atoms with Crippen LogP contribution in [-0.2, 0) is 21.5 Å². The number of thiophene rings is 1. The molecule has 3 aromatic rings. The maximum Gasteiger partial charge on any atom is 0.274 e. The van der Waals surface area contributed by atoms with E-state index in [0.29, 0.717) is 28.7 Å². The molecule has 0 spiro atoms. The van der Waals surface area contributed by atoms with Crippen molar-refractivity contribution in [2.75, 3.05) is 51.3 Å². The van der Waals surface area contributed by atoms with Crippen LogP contribution in [0.1, 0.15) is 79.8 Å². The molecule has 2 aromatic heterocycles. The van der Waals surface area contributed by atoms with Crippen molar-refractivity contribution in [3.05, 3.63) is 69.2 Å². The van der Waals surface area contributed by atoms with Gasteiger partial charge in [-0.2, -0.15) is 0 Å². The van der Waals surface area contributed by atoms with E-state index in [1.165, 1.54) is 11.3 Å². The molecule has 5 rings (SSSR count). The van der Waals surface area contributed by atoms with Crippen molar-refractivity contribution < 1.29 is 14.3 Å². The van der Waals surface area contributed by atoms with E-state index in [1.807, 2.05) is 42.3 Å². The molecule has 2 saturated heterocycles. The number of ether oxygens (including phenoxy) is 1. The number of aryl methyl sites for hydroxylation is 1. The number of benzene rings is 1. The average Bonchev–Trinajstić information content (AvgIpc) is 3.48. The van der Waals surface area contributed by atoms with Gasteiger partial charge in [0.1, 0.15) is 10.6 Å². The maximum atomic E-state index is 14.2. The van der Waals surface area contributed by atoms with Gasteiger partial charge in [0, 0.05) is 73.2 Å². The monoisotopic (exact) mass is 658 g/mol. The van der Waals surface area contributed by atoms with Crippen molar-refractivity contribution in [1.82, 2.24) is 19.7 Å². The number of morpholine rings is 1. The van der Waals surface area contributed by atoms with Crippen LogP contribution in [0.4, 0.5) is 5.69 Å². The number of anilines is 1. The van der Waals surface area contributed by atoms with Gasteiger partial charge in [0.25, 0.3) is 11.8 Å². The molecular weight excluding hydrogens is 609 g/mol. The summed E-state index contributed by atoms with van der Waals surface area (Å²) in [5.74, 6) is -0.663. The summed E-state index contributed by atoms with van der Waals surface area (Å²) in [4.78, 5) is 40.6. The van der Waals surface area contributed by atoms with Gasteiger partial charge < -0.3 is 15.0 Å². The lowest BCUT2D eigenvalue weighted by atomic mass is 9.93. The lowest BCUT2D eigenvalue weighted by molar-refractivity contribution is -0.110. The van der Waals surface area contributed by atoms with E-state index in [0.717, 1.165) is 73.2 Å². The Morgan fingerprint density at radius 1 is 1.06 bits per heavy atom. The first-order chi connectivity index (χ1) is 22.1. The van der Waals surface area contributed by atoms with E-state index < -0.39 is 5.91 Å². The van der Waals surface area contributed by atoms with Crippen molar-refractivity contribution in [3.8, 4) is 11.1 Å². The Labute approximate surface area is 283 Å². The predicted octanol–water partition coefficient (Wildman–Crippen LogP) is 6.20. The summed E-state index contributed by atoms with van der Waals surface area (Å²) in [5, 5.41) is 12.0. The zero-order chi connectivity index (χ0) is 34.1. The molecule has 0 aliphatic carbocycles. The Morgan fingerprint density at radius 3 is 2.40 bits per heavy atom. The van der Waals surface area contributed by atoms with E-state index in [1.54, 1.807) is 0 Å². The highest BCUT2D eigenvalue weighted by atomic mass is 32.1. The molecule has 2 aliphatic rings. The highest BCUT2D eigenvalue weighted by molar-refractivity contribution is 7.14. The highest BCUT2D eigenvalue weighted by Crippen LogP contribution is 2.36. The quantitative estimate of drug-likeness (QED) is 0.280. The van der Waals surface area contributed by atoms with Gasteiger partial charge >= 0.3 is 0 Å². The van der Waals surface area contributed by atoms with Crippen LogP contribution in [0.3, 0.4) is 0 Å². The van der Waals surface area contributed by atoms with Crippen molar-refractivity contribution >= 4 is 34.6 Å². The highest BCUT2D eigenvalue weighted by Gasteiger charge is 2.40. The first kappa shape index (κ1) is 34.9. The predicted molar refractivity (Wildman–Crippen MR) is 191 cm³/mol. The third-order valence-electron chi connectivity index (χ3n) is 9.19. The van der Waals surface area contributed by atoms with Gasteiger partial charge in [0.05, 0.1) is 24.4 Å². The van der Waals surface area contributed by atoms with Crippen molar-refractivity contribution in [1.29, 1.82) is 5.41 Å². The first-order valence-electron chi connectivity index (χ1n) is 16.6. The molecule has 2 N–H and O–H groups in total. The van der Waals surface area contributed by atoms with Gasteiger partial charge in [-0.05, 0) is 75.4 Å². The van der Waals surface area contributed by atoms with E-state index >= 15 is 0 Å². The van der Waals surface area contributed by atoms with Gasteiger partial charge in [-0.25, -0.2) is 0 Å². The van der Waals surface area contributed by atoms with E-state index in [4.69, 9.17) is 15.1 Å². The van der Waals surface area contributed by atoms with Crippen LogP contribution in [0.5, 0.6) is 0 Å². The van der Waals surface area contributed by atoms with Gasteiger partial charge in [-0.15, -0.1) is 11.3 Å². The average molecular weight is 659 g/mol. The smallest absolute Gasteiger partial charge is 0.274 e. The summed E-state index contributed by atoms with van der Waals surface area (Å²) in [5.41, 5.74) is 4.12. The number of rotatable bonds is 8. The number of carbonyl (C=O) groups is 2. The summed E-state index contributed by atoms with van der Waals surface area (Å²) in [6.07, 6.45) is 1.88. The van der Waals surface area contributed by atoms with Gasteiger partial charge in [0.15, 0.2) is 0 Å². The van der Waals surface area contributed by atoms with Crippen LogP contribution in [0, 0.1) is 12.3 Å². The lowest BCUT2D eigenvalue weighted by Crippen LogP contribution is -2.62. The number of nitrogens with one attached hydrogen (secondary N) is 2. The molecule has 10 heteroatoms. The molecular formula is C37H50N6O3S. The molecule has 252 valence electrons. The number of piperazine rings is 1. The summed E-state index contributed by atoms with van der Waals surface area (Å²) < 4.78 is 5.46. The standard InChI is InChI=1S/C37H50N6O3S/c1-24(2)42-13-14-43(37(7,8)23-42)35(45)33-30(20-31(47-33)36(4,5)6)32(38)34(44)40-27-11-9-25(3)29(19-27)26-10-12-28(39-21-26)22-41-15-17-46-18-16-41/h9-12,19-21,24,38H,13-18,22-23H2,1-8H3,(H,40,44). The van der Waals surface area contributed by atoms with Crippen molar-refractivity contribution in [2.45, 2.75) is 78.9 Å². The molecule has 1 aromatic carbocycles. The second-order valence-electron chi connectivity index (χ2n) is 14.7. The summed E-state index contributed by atoms with van der Waals surface area (Å²) in [6.45, 7) is 23.1. The summed E-state index contributed by atoms with van der Waals surface area (Å²) in [6, 6.07) is 12.1. The third-order valence-corrected chi connectivity index (χ3v) is 10.7. The van der Waals surface area contributed by atoms with Crippen LogP contribution in [0.25, 0.3) is 11.1 Å². The number of aromatic nitrogens is 1. The topological polar surface area (TPSA) is 102 Å². The molecule has 0 unspecified atom stereocenters. The number of amides is 2. The Hall–Kier alpha value is -3.44. The number of pyridine rings is 1. The van der Waals surface area contributed by atoms with Crippen molar-refractivity contribution in [2.24, 2.45) is 0 Å². The van der Waals surface area contributed by atoms with Gasteiger partial charge in [-0.1, -0.05) is 32.9 Å². The van der Waals surface area contributed by atoms with E-state index in [2.05, 4.69) is 75.7 Å². The van der Waals surface area contributed by atoms with Crippen LogP contribution < -0.4 is 5.32 Å². The number of hydrogen-bond donors (Lipinski definition) is 2. The molecule has 2 fully saturated rings. The fraction of sp³-hybridized carbons (Fsp3) is 0.514. The SMILES string of the molecule is Cc1ccc(NC(=O)C(=N)c2cc(C(C)(C)C)sc2C(=O)N2CCN(C(C)C)CC2(C)C)cc1-c1ccc(CN2CCOCC2)nc1. The Balaban J connectivity index is 1.35. The molecule has 0 radical (unpaired) electrons. The normalized spacial score (nSPS) is 17.6. The summed E-state index contributed by atoms with van der Waals surface area (Å²) in [7, 11) is 0. The Morgan fingerprint density at radius 2 is 1.79 bits per heavy atom. The number of nitrogens with zero attached hydrogens (tertiary/aromatic N) is 4. The number of hydrogen-bond acceptors (Lipinski definition) is 8. The van der Waals surface area contributed by atoms with Gasteiger partial charge in [0.2, 0.25) is 0 Å². The fourth-order valence-electron chi connectivity index (χ4n) is 6.23. The molecule has 9 nitrogen and oxygen atoms in total. The van der Waals surface area contributed by atoms with E-state index in [-0.39, 0.29) is 22.6 Å². The second kappa shape index (κ2) is 14.0. The minimum Gasteiger partial charge on any atom is -0.379 e. The molecule has 0 saturated carbocycles. The Bertz CT molecular complexity index is 1620. The Kier molecular flexibility index (Phi) is 10.4. The van der Waals surface area contributed by atoms with Crippen LogP contribution in [0.2, 0.25) is 0 Å². The molecule has 4 heterocycles.